The smallest absolute Gasteiger partial charge is 0.242 e. The first kappa shape index (κ1) is 16.2. The molecule has 7 heteroatoms. The average Bonchev–Trinajstić information content (AvgIpc) is 3.04. The lowest BCUT2D eigenvalue weighted by atomic mass is 9.92. The molecule has 2 amide bonds. The third-order valence-electron chi connectivity index (χ3n) is 4.49. The van der Waals surface area contributed by atoms with Crippen molar-refractivity contribution in [2.45, 2.75) is 56.7 Å². The monoisotopic (exact) mass is 328 g/mol. The number of hydrogen-bond acceptors (Lipinski definition) is 5. The van der Waals surface area contributed by atoms with Crippen LogP contribution in [0.4, 0.5) is 0 Å². The number of pyridine rings is 1. The topological polar surface area (TPSA) is 104 Å². The predicted octanol–water partition coefficient (Wildman–Crippen LogP) is 1.04. The van der Waals surface area contributed by atoms with Crippen LogP contribution in [0, 0.1) is 11.3 Å². The third kappa shape index (κ3) is 4.02. The third-order valence-corrected chi connectivity index (χ3v) is 4.49. The van der Waals surface area contributed by atoms with Crippen molar-refractivity contribution in [1.29, 1.82) is 5.26 Å². The Bertz CT molecular complexity index is 645. The van der Waals surface area contributed by atoms with Gasteiger partial charge in [0, 0.05) is 24.7 Å². The van der Waals surface area contributed by atoms with Gasteiger partial charge in [-0.25, -0.2) is 4.98 Å². The summed E-state index contributed by atoms with van der Waals surface area (Å²) in [7, 11) is 0. The molecule has 2 N–H and O–H groups in total. The van der Waals surface area contributed by atoms with E-state index in [2.05, 4.69) is 15.6 Å². The van der Waals surface area contributed by atoms with E-state index < -0.39 is 0 Å². The van der Waals surface area contributed by atoms with Gasteiger partial charge < -0.3 is 15.4 Å². The van der Waals surface area contributed by atoms with E-state index in [1.165, 1.54) is 6.20 Å². The zero-order chi connectivity index (χ0) is 16.9. The molecule has 3 rings (SSSR count). The number of ether oxygens (including phenoxy) is 1. The van der Waals surface area contributed by atoms with Crippen molar-refractivity contribution in [2.24, 2.45) is 0 Å². The standard InChI is InChI=1S/C17H20N4O3/c18-9-11-1-8-16(19-10-11)24-13-4-2-12(3-5-13)20-17(23)14-6-7-15(22)21-14/h1,8,10,12-14H,2-7H2,(H,20,23)(H,21,22). The van der Waals surface area contributed by atoms with Crippen molar-refractivity contribution in [3.8, 4) is 11.9 Å². The van der Waals surface area contributed by atoms with E-state index in [4.69, 9.17) is 10.00 Å². The van der Waals surface area contributed by atoms with Crippen LogP contribution in [0.2, 0.25) is 0 Å². The fraction of sp³-hybridized carbons (Fsp3) is 0.529. The van der Waals surface area contributed by atoms with Crippen LogP contribution in [-0.4, -0.2) is 35.0 Å². The number of amides is 2. The lowest BCUT2D eigenvalue weighted by Gasteiger charge is -2.29. The molecule has 0 aromatic carbocycles. The van der Waals surface area contributed by atoms with Gasteiger partial charge in [-0.2, -0.15) is 5.26 Å². The van der Waals surface area contributed by atoms with Gasteiger partial charge >= 0.3 is 0 Å². The Morgan fingerprint density at radius 2 is 2.08 bits per heavy atom. The number of carbonyl (C=O) groups is 2. The Morgan fingerprint density at radius 3 is 2.67 bits per heavy atom. The number of nitriles is 1. The van der Waals surface area contributed by atoms with Crippen LogP contribution in [0.5, 0.6) is 5.88 Å². The summed E-state index contributed by atoms with van der Waals surface area (Å²) in [6.07, 6.45) is 5.93. The molecule has 2 fully saturated rings. The molecular formula is C17H20N4O3. The molecule has 2 heterocycles. The van der Waals surface area contributed by atoms with Crippen LogP contribution in [0.15, 0.2) is 18.3 Å². The van der Waals surface area contributed by atoms with Crippen LogP contribution in [0.1, 0.15) is 44.1 Å². The quantitative estimate of drug-likeness (QED) is 0.859. The highest BCUT2D eigenvalue weighted by molar-refractivity contribution is 5.90. The lowest BCUT2D eigenvalue weighted by molar-refractivity contribution is -0.126. The highest BCUT2D eigenvalue weighted by Crippen LogP contribution is 2.23. The molecule has 7 nitrogen and oxygen atoms in total. The van der Waals surface area contributed by atoms with Crippen molar-refractivity contribution in [2.75, 3.05) is 0 Å². The number of nitrogens with zero attached hydrogens (tertiary/aromatic N) is 2. The highest BCUT2D eigenvalue weighted by Gasteiger charge is 2.30. The number of aromatic nitrogens is 1. The van der Waals surface area contributed by atoms with E-state index in [0.717, 1.165) is 25.7 Å². The predicted molar refractivity (Wildman–Crippen MR) is 84.9 cm³/mol. The molecule has 1 aliphatic heterocycles. The summed E-state index contributed by atoms with van der Waals surface area (Å²) in [5.41, 5.74) is 0.507. The molecule has 1 aliphatic carbocycles. The van der Waals surface area contributed by atoms with Gasteiger partial charge in [-0.05, 0) is 38.2 Å². The van der Waals surface area contributed by atoms with E-state index in [9.17, 15) is 9.59 Å². The minimum absolute atomic E-state index is 0.0535. The normalized spacial score (nSPS) is 26.3. The van der Waals surface area contributed by atoms with Gasteiger partial charge in [0.25, 0.3) is 0 Å². The largest absolute Gasteiger partial charge is 0.474 e. The summed E-state index contributed by atoms with van der Waals surface area (Å²) in [4.78, 5) is 27.4. The maximum atomic E-state index is 12.1. The molecule has 1 aromatic heterocycles. The molecule has 0 radical (unpaired) electrons. The number of hydrogen-bond donors (Lipinski definition) is 2. The van der Waals surface area contributed by atoms with Crippen LogP contribution in [0.3, 0.4) is 0 Å². The molecule has 1 saturated carbocycles. The van der Waals surface area contributed by atoms with Crippen LogP contribution < -0.4 is 15.4 Å². The molecule has 1 aromatic rings. The van der Waals surface area contributed by atoms with E-state index in [1.54, 1.807) is 12.1 Å². The van der Waals surface area contributed by atoms with Gasteiger partial charge in [0.2, 0.25) is 17.7 Å². The van der Waals surface area contributed by atoms with E-state index in [-0.39, 0.29) is 30.0 Å². The summed E-state index contributed by atoms with van der Waals surface area (Å²) in [6, 6.07) is 5.16. The molecule has 0 bridgehead atoms. The Labute approximate surface area is 140 Å². The second kappa shape index (κ2) is 7.30. The SMILES string of the molecule is N#Cc1ccc(OC2CCC(NC(=O)C3CCC(=O)N3)CC2)nc1. The Kier molecular flexibility index (Phi) is 4.94. The summed E-state index contributed by atoms with van der Waals surface area (Å²) in [5, 5.41) is 14.5. The Hall–Kier alpha value is -2.62. The van der Waals surface area contributed by atoms with Gasteiger partial charge in [-0.1, -0.05) is 0 Å². The Morgan fingerprint density at radius 1 is 1.29 bits per heavy atom. The highest BCUT2D eigenvalue weighted by atomic mass is 16.5. The van der Waals surface area contributed by atoms with E-state index >= 15 is 0 Å². The number of rotatable bonds is 4. The minimum Gasteiger partial charge on any atom is -0.474 e. The molecule has 1 atom stereocenters. The number of nitrogens with one attached hydrogen (secondary N) is 2. The van der Waals surface area contributed by atoms with E-state index in [0.29, 0.717) is 24.3 Å². The summed E-state index contributed by atoms with van der Waals surface area (Å²) >= 11 is 0. The molecule has 126 valence electrons. The summed E-state index contributed by atoms with van der Waals surface area (Å²) < 4.78 is 5.83. The first-order chi connectivity index (χ1) is 11.6. The summed E-state index contributed by atoms with van der Waals surface area (Å²) in [6.45, 7) is 0. The van der Waals surface area contributed by atoms with Gasteiger partial charge in [0.05, 0.1) is 5.56 Å². The minimum atomic E-state index is -0.380. The van der Waals surface area contributed by atoms with Gasteiger partial charge in [0.15, 0.2) is 0 Å². The fourth-order valence-electron chi connectivity index (χ4n) is 3.12. The molecule has 1 saturated heterocycles. The molecule has 0 spiro atoms. The zero-order valence-corrected chi connectivity index (χ0v) is 13.3. The molecular weight excluding hydrogens is 308 g/mol. The van der Waals surface area contributed by atoms with Gasteiger partial charge in [0.1, 0.15) is 18.2 Å². The molecule has 2 aliphatic rings. The first-order valence-electron chi connectivity index (χ1n) is 8.26. The fourth-order valence-corrected chi connectivity index (χ4v) is 3.12. The molecule has 24 heavy (non-hydrogen) atoms. The lowest BCUT2D eigenvalue weighted by Crippen LogP contribution is -2.47. The molecule has 1 unspecified atom stereocenters. The summed E-state index contributed by atoms with van der Waals surface area (Å²) in [5.74, 6) is 0.385. The maximum absolute atomic E-state index is 12.1. The first-order valence-corrected chi connectivity index (χ1v) is 8.26. The van der Waals surface area contributed by atoms with Crippen molar-refractivity contribution in [3.05, 3.63) is 23.9 Å². The second-order valence-corrected chi connectivity index (χ2v) is 6.26. The van der Waals surface area contributed by atoms with Crippen molar-refractivity contribution in [1.82, 2.24) is 15.6 Å². The zero-order valence-electron chi connectivity index (χ0n) is 13.3. The van der Waals surface area contributed by atoms with E-state index in [1.807, 2.05) is 6.07 Å². The van der Waals surface area contributed by atoms with Gasteiger partial charge in [-0.15, -0.1) is 0 Å². The van der Waals surface area contributed by atoms with Crippen LogP contribution in [-0.2, 0) is 9.59 Å². The second-order valence-electron chi connectivity index (χ2n) is 6.26. The van der Waals surface area contributed by atoms with Crippen molar-refractivity contribution in [3.63, 3.8) is 0 Å². The van der Waals surface area contributed by atoms with Crippen molar-refractivity contribution < 1.29 is 14.3 Å². The Balaban J connectivity index is 1.43. The number of carbonyl (C=O) groups excluding carboxylic acids is 2. The van der Waals surface area contributed by atoms with Crippen LogP contribution >= 0.6 is 0 Å². The van der Waals surface area contributed by atoms with Crippen molar-refractivity contribution >= 4 is 11.8 Å². The average molecular weight is 328 g/mol. The van der Waals surface area contributed by atoms with Gasteiger partial charge in [-0.3, -0.25) is 9.59 Å². The van der Waals surface area contributed by atoms with Crippen LogP contribution in [0.25, 0.3) is 0 Å². The maximum Gasteiger partial charge on any atom is 0.242 e.